The highest BCUT2D eigenvalue weighted by Crippen LogP contribution is 2.14. The van der Waals surface area contributed by atoms with Gasteiger partial charge < -0.3 is 20.5 Å². The van der Waals surface area contributed by atoms with Crippen LogP contribution in [0.3, 0.4) is 0 Å². The Morgan fingerprint density at radius 3 is 2.47 bits per heavy atom. The van der Waals surface area contributed by atoms with Gasteiger partial charge in [0.25, 0.3) is 0 Å². The van der Waals surface area contributed by atoms with E-state index >= 15 is 0 Å². The lowest BCUT2D eigenvalue weighted by molar-refractivity contribution is -0.111. The minimum Gasteiger partial charge on any atom is -0.478 e. The predicted octanol–water partition coefficient (Wildman–Crippen LogP) is -0.811. The van der Waals surface area contributed by atoms with Gasteiger partial charge in [0.2, 0.25) is 5.91 Å². The Morgan fingerprint density at radius 2 is 2.00 bits per heavy atom. The summed E-state index contributed by atoms with van der Waals surface area (Å²) in [5.41, 5.74) is -0.0908. The molecule has 1 rings (SSSR count). The smallest absolute Gasteiger partial charge is 0.478 e. The zero-order valence-corrected chi connectivity index (χ0v) is 8.75. The number of hydrogen-bond donors (Lipinski definition) is 4. The maximum atomic E-state index is 11.1. The van der Waals surface area contributed by atoms with Crippen molar-refractivity contribution >= 4 is 30.1 Å². The lowest BCUT2D eigenvalue weighted by atomic mass is 9.79. The summed E-state index contributed by atoms with van der Waals surface area (Å²) in [4.78, 5) is 22.0. The predicted molar refractivity (Wildman–Crippen MR) is 62.1 cm³/mol. The molecule has 6 nitrogen and oxygen atoms in total. The standard InChI is InChI=1S/C10H10BNO5/c1-2-9(13)12-8-5-6(11(16)17)3-4-7(8)10(14)15/h2-5,16-17H,1H2,(H,12,13)(H,14,15). The van der Waals surface area contributed by atoms with Crippen LogP contribution >= 0.6 is 0 Å². The summed E-state index contributed by atoms with van der Waals surface area (Å²) >= 11 is 0. The topological polar surface area (TPSA) is 107 Å². The first kappa shape index (κ1) is 13.0. The van der Waals surface area contributed by atoms with Crippen LogP contribution in [0.1, 0.15) is 10.4 Å². The molecule has 0 aliphatic carbocycles. The first-order valence-corrected chi connectivity index (χ1v) is 4.62. The van der Waals surface area contributed by atoms with E-state index in [-0.39, 0.29) is 16.7 Å². The second-order valence-corrected chi connectivity index (χ2v) is 3.18. The first-order valence-electron chi connectivity index (χ1n) is 4.62. The van der Waals surface area contributed by atoms with E-state index in [1.807, 2.05) is 0 Å². The second-order valence-electron chi connectivity index (χ2n) is 3.18. The fourth-order valence-electron chi connectivity index (χ4n) is 1.20. The van der Waals surface area contributed by atoms with Gasteiger partial charge in [-0.1, -0.05) is 12.6 Å². The molecule has 0 bridgehead atoms. The van der Waals surface area contributed by atoms with E-state index < -0.39 is 19.0 Å². The quantitative estimate of drug-likeness (QED) is 0.403. The molecule has 0 aliphatic rings. The molecule has 1 aromatic carbocycles. The summed E-state index contributed by atoms with van der Waals surface area (Å²) in [6.45, 7) is 3.23. The van der Waals surface area contributed by atoms with Gasteiger partial charge in [-0.05, 0) is 23.7 Å². The van der Waals surface area contributed by atoms with Crippen LogP contribution in [0.2, 0.25) is 0 Å². The molecule has 0 aliphatic heterocycles. The molecular weight excluding hydrogens is 225 g/mol. The minimum atomic E-state index is -1.74. The number of hydrogen-bond acceptors (Lipinski definition) is 4. The van der Waals surface area contributed by atoms with Crippen molar-refractivity contribution in [1.29, 1.82) is 0 Å². The van der Waals surface area contributed by atoms with Gasteiger partial charge in [-0.2, -0.15) is 0 Å². The van der Waals surface area contributed by atoms with E-state index in [1.165, 1.54) is 18.2 Å². The number of carboxylic acids is 1. The molecule has 88 valence electrons. The Hall–Kier alpha value is -2.12. The van der Waals surface area contributed by atoms with Gasteiger partial charge in [0.15, 0.2) is 0 Å². The molecule has 17 heavy (non-hydrogen) atoms. The van der Waals surface area contributed by atoms with Gasteiger partial charge in [0, 0.05) is 0 Å². The van der Waals surface area contributed by atoms with Crippen molar-refractivity contribution in [3.8, 4) is 0 Å². The van der Waals surface area contributed by atoms with E-state index in [0.717, 1.165) is 6.08 Å². The number of amides is 1. The second kappa shape index (κ2) is 5.28. The van der Waals surface area contributed by atoms with Crippen LogP contribution < -0.4 is 10.8 Å². The molecule has 0 unspecified atom stereocenters. The van der Waals surface area contributed by atoms with Crippen LogP contribution in [0.4, 0.5) is 5.69 Å². The molecule has 1 amide bonds. The number of anilines is 1. The molecule has 0 saturated heterocycles. The first-order chi connectivity index (χ1) is 7.95. The Kier molecular flexibility index (Phi) is 4.03. The summed E-state index contributed by atoms with van der Waals surface area (Å²) in [7, 11) is -1.74. The number of rotatable bonds is 4. The van der Waals surface area contributed by atoms with Crippen LogP contribution in [0.5, 0.6) is 0 Å². The molecule has 0 aromatic heterocycles. The van der Waals surface area contributed by atoms with E-state index in [1.54, 1.807) is 0 Å². The SMILES string of the molecule is C=CC(=O)Nc1cc(B(O)O)ccc1C(=O)O. The summed E-state index contributed by atoms with van der Waals surface area (Å²) in [6.07, 6.45) is 0.980. The summed E-state index contributed by atoms with van der Waals surface area (Å²) < 4.78 is 0. The number of carbonyl (C=O) groups excluding carboxylic acids is 1. The summed E-state index contributed by atoms with van der Waals surface area (Å²) in [5.74, 6) is -1.82. The fourth-order valence-corrected chi connectivity index (χ4v) is 1.20. The maximum absolute atomic E-state index is 11.1. The van der Waals surface area contributed by atoms with Crippen LogP contribution in [0.15, 0.2) is 30.9 Å². The summed E-state index contributed by atoms with van der Waals surface area (Å²) in [6, 6.07) is 3.60. The third-order valence-corrected chi connectivity index (χ3v) is 2.02. The van der Waals surface area contributed by atoms with Crippen molar-refractivity contribution in [1.82, 2.24) is 0 Å². The molecule has 0 atom stereocenters. The molecule has 0 spiro atoms. The number of aromatic carboxylic acids is 1. The van der Waals surface area contributed by atoms with Gasteiger partial charge >= 0.3 is 13.1 Å². The van der Waals surface area contributed by atoms with Crippen LogP contribution in [-0.4, -0.2) is 34.1 Å². The average Bonchev–Trinajstić information content (AvgIpc) is 2.28. The van der Waals surface area contributed by atoms with Crippen LogP contribution in [0, 0.1) is 0 Å². The molecule has 1 aromatic rings. The molecule has 0 fully saturated rings. The zero-order valence-electron chi connectivity index (χ0n) is 8.75. The Balaban J connectivity index is 3.20. The minimum absolute atomic E-state index is 0.0204. The van der Waals surface area contributed by atoms with Crippen molar-refractivity contribution in [3.63, 3.8) is 0 Å². The fraction of sp³-hybridized carbons (Fsp3) is 0. The van der Waals surface area contributed by atoms with Crippen molar-refractivity contribution in [2.75, 3.05) is 5.32 Å². The number of carboxylic acid groups (broad SMARTS) is 1. The van der Waals surface area contributed by atoms with E-state index in [4.69, 9.17) is 15.2 Å². The lowest BCUT2D eigenvalue weighted by Crippen LogP contribution is -2.30. The largest absolute Gasteiger partial charge is 0.488 e. The molecular formula is C10H10BNO5. The maximum Gasteiger partial charge on any atom is 0.488 e. The average molecular weight is 235 g/mol. The van der Waals surface area contributed by atoms with E-state index in [9.17, 15) is 9.59 Å². The van der Waals surface area contributed by atoms with E-state index in [2.05, 4.69) is 11.9 Å². The highest BCUT2D eigenvalue weighted by molar-refractivity contribution is 6.58. The monoisotopic (exact) mass is 235 g/mol. The lowest BCUT2D eigenvalue weighted by Gasteiger charge is -2.09. The van der Waals surface area contributed by atoms with Gasteiger partial charge in [0.1, 0.15) is 0 Å². The van der Waals surface area contributed by atoms with Crippen molar-refractivity contribution in [2.24, 2.45) is 0 Å². The molecule has 0 heterocycles. The Labute approximate surface area is 97.3 Å². The number of benzene rings is 1. The molecule has 0 radical (unpaired) electrons. The van der Waals surface area contributed by atoms with Gasteiger partial charge in [0.05, 0.1) is 11.3 Å². The highest BCUT2D eigenvalue weighted by atomic mass is 16.4. The Morgan fingerprint density at radius 1 is 1.35 bits per heavy atom. The molecule has 4 N–H and O–H groups in total. The number of nitrogens with one attached hydrogen (secondary N) is 1. The highest BCUT2D eigenvalue weighted by Gasteiger charge is 2.17. The summed E-state index contributed by atoms with van der Waals surface area (Å²) in [5, 5.41) is 29.0. The Bertz CT molecular complexity index is 472. The molecule has 0 saturated carbocycles. The van der Waals surface area contributed by atoms with Gasteiger partial charge in [-0.25, -0.2) is 4.79 Å². The van der Waals surface area contributed by atoms with Crippen molar-refractivity contribution < 1.29 is 24.7 Å². The van der Waals surface area contributed by atoms with Crippen molar-refractivity contribution in [2.45, 2.75) is 0 Å². The normalized spacial score (nSPS) is 9.53. The van der Waals surface area contributed by atoms with E-state index in [0.29, 0.717) is 0 Å². The third kappa shape index (κ3) is 3.17. The van der Waals surface area contributed by atoms with Crippen molar-refractivity contribution in [3.05, 3.63) is 36.4 Å². The number of carbonyl (C=O) groups is 2. The van der Waals surface area contributed by atoms with Gasteiger partial charge in [-0.3, -0.25) is 4.79 Å². The van der Waals surface area contributed by atoms with Gasteiger partial charge in [-0.15, -0.1) is 0 Å². The molecule has 7 heteroatoms. The zero-order chi connectivity index (χ0) is 13.0. The van der Waals surface area contributed by atoms with Crippen LogP contribution in [0.25, 0.3) is 0 Å². The van der Waals surface area contributed by atoms with Crippen LogP contribution in [-0.2, 0) is 4.79 Å². The third-order valence-electron chi connectivity index (χ3n) is 2.02.